The van der Waals surface area contributed by atoms with Gasteiger partial charge in [0, 0.05) is 5.92 Å². The first-order chi connectivity index (χ1) is 7.09. The van der Waals surface area contributed by atoms with Gasteiger partial charge in [-0.15, -0.1) is 0 Å². The van der Waals surface area contributed by atoms with E-state index in [1.54, 1.807) is 0 Å². The Balaban J connectivity index is 5.03. The molecular weight excluding hydrogens is 234 g/mol. The first-order valence-electron chi connectivity index (χ1n) is 4.83. The number of sulfone groups is 1. The summed E-state index contributed by atoms with van der Waals surface area (Å²) in [5.41, 5.74) is 4.94. The van der Waals surface area contributed by atoms with E-state index in [0.717, 1.165) is 0 Å². The van der Waals surface area contributed by atoms with E-state index in [4.69, 9.17) is 10.8 Å². The van der Waals surface area contributed by atoms with E-state index in [9.17, 15) is 18.0 Å². The van der Waals surface area contributed by atoms with Crippen molar-refractivity contribution in [3.63, 3.8) is 0 Å². The highest BCUT2D eigenvalue weighted by Gasteiger charge is 2.36. The highest BCUT2D eigenvalue weighted by molar-refractivity contribution is 7.92. The third-order valence-electron chi connectivity index (χ3n) is 2.20. The molecule has 0 saturated carbocycles. The van der Waals surface area contributed by atoms with Crippen LogP contribution in [-0.2, 0) is 19.4 Å². The Kier molecular flexibility index (Phi) is 4.92. The quantitative estimate of drug-likeness (QED) is 0.668. The van der Waals surface area contributed by atoms with Crippen molar-refractivity contribution in [3.8, 4) is 0 Å². The van der Waals surface area contributed by atoms with Crippen molar-refractivity contribution in [2.45, 2.75) is 26.0 Å². The maximum absolute atomic E-state index is 11.7. The fraction of sp³-hybridized carbons (Fsp3) is 0.778. The number of carboxylic acids is 1. The van der Waals surface area contributed by atoms with Crippen molar-refractivity contribution in [1.29, 1.82) is 0 Å². The van der Waals surface area contributed by atoms with Crippen LogP contribution in [0.5, 0.6) is 0 Å². The van der Waals surface area contributed by atoms with Crippen LogP contribution < -0.4 is 5.73 Å². The van der Waals surface area contributed by atoms with Gasteiger partial charge in [0.15, 0.2) is 15.1 Å². The molecule has 0 heterocycles. The van der Waals surface area contributed by atoms with E-state index < -0.39 is 44.6 Å². The second kappa shape index (κ2) is 5.29. The van der Waals surface area contributed by atoms with Crippen LogP contribution in [0.25, 0.3) is 0 Å². The molecule has 1 amide bonds. The minimum Gasteiger partial charge on any atom is -0.480 e. The average molecular weight is 251 g/mol. The second-order valence-corrected chi connectivity index (χ2v) is 6.30. The number of hydrogen-bond donors (Lipinski definition) is 2. The van der Waals surface area contributed by atoms with Gasteiger partial charge in [0.1, 0.15) is 0 Å². The Morgan fingerprint density at radius 2 is 1.69 bits per heavy atom. The number of carbonyl (C=O) groups excluding carboxylic acids is 1. The fourth-order valence-corrected chi connectivity index (χ4v) is 3.59. The van der Waals surface area contributed by atoms with Gasteiger partial charge < -0.3 is 10.8 Å². The third kappa shape index (κ3) is 3.80. The Labute approximate surface area is 94.7 Å². The summed E-state index contributed by atoms with van der Waals surface area (Å²) < 4.78 is 23.5. The molecule has 0 saturated heterocycles. The van der Waals surface area contributed by atoms with Crippen LogP contribution in [0.15, 0.2) is 0 Å². The molecule has 0 fully saturated rings. The molecule has 0 spiro atoms. The minimum atomic E-state index is -3.87. The summed E-state index contributed by atoms with van der Waals surface area (Å²) in [5, 5.41) is 7.34. The average Bonchev–Trinajstić information content (AvgIpc) is 1.99. The molecule has 94 valence electrons. The van der Waals surface area contributed by atoms with Gasteiger partial charge in [0.05, 0.1) is 5.75 Å². The van der Waals surface area contributed by atoms with E-state index in [1.165, 1.54) is 20.8 Å². The molecule has 2 unspecified atom stereocenters. The standard InChI is InChI=1S/C9H17NO5S/c1-5(2)7(9(12)13)16(14,15)4-6(3)8(10)11/h5-7H,4H2,1-3H3,(H2,10,11)(H,12,13). The summed E-state index contributed by atoms with van der Waals surface area (Å²) in [5.74, 6) is -4.12. The molecule has 0 rings (SSSR count). The normalized spacial score (nSPS) is 15.8. The first-order valence-corrected chi connectivity index (χ1v) is 6.54. The largest absolute Gasteiger partial charge is 0.480 e. The molecule has 0 aliphatic heterocycles. The number of rotatable bonds is 6. The van der Waals surface area contributed by atoms with E-state index >= 15 is 0 Å². The van der Waals surface area contributed by atoms with Gasteiger partial charge in [-0.1, -0.05) is 20.8 Å². The number of hydrogen-bond acceptors (Lipinski definition) is 4. The zero-order chi connectivity index (χ0) is 13.1. The van der Waals surface area contributed by atoms with Crippen molar-refractivity contribution in [1.82, 2.24) is 0 Å². The molecule has 0 aliphatic rings. The van der Waals surface area contributed by atoms with E-state index in [-0.39, 0.29) is 0 Å². The smallest absolute Gasteiger partial charge is 0.322 e. The maximum atomic E-state index is 11.7. The van der Waals surface area contributed by atoms with Crippen LogP contribution >= 0.6 is 0 Å². The minimum absolute atomic E-state index is 0.530. The van der Waals surface area contributed by atoms with Crippen molar-refractivity contribution in [3.05, 3.63) is 0 Å². The molecule has 0 aromatic carbocycles. The summed E-state index contributed by atoms with van der Waals surface area (Å²) in [6.07, 6.45) is 0. The lowest BCUT2D eigenvalue weighted by Crippen LogP contribution is -2.40. The number of primary amides is 1. The predicted molar refractivity (Wildman–Crippen MR) is 58.4 cm³/mol. The van der Waals surface area contributed by atoms with Crippen molar-refractivity contribution >= 4 is 21.7 Å². The molecule has 0 radical (unpaired) electrons. The zero-order valence-corrected chi connectivity index (χ0v) is 10.3. The Morgan fingerprint density at radius 3 is 1.94 bits per heavy atom. The Hall–Kier alpha value is -1.11. The van der Waals surface area contributed by atoms with E-state index in [2.05, 4.69) is 0 Å². The Morgan fingerprint density at radius 1 is 1.25 bits per heavy atom. The topological polar surface area (TPSA) is 115 Å². The van der Waals surface area contributed by atoms with Crippen molar-refractivity contribution in [2.75, 3.05) is 5.75 Å². The molecule has 16 heavy (non-hydrogen) atoms. The lowest BCUT2D eigenvalue weighted by Gasteiger charge is -2.18. The van der Waals surface area contributed by atoms with Gasteiger partial charge in [-0.2, -0.15) is 0 Å². The fourth-order valence-electron chi connectivity index (χ4n) is 1.39. The van der Waals surface area contributed by atoms with Gasteiger partial charge in [-0.25, -0.2) is 8.42 Å². The second-order valence-electron chi connectivity index (χ2n) is 4.14. The molecule has 0 aliphatic carbocycles. The highest BCUT2D eigenvalue weighted by Crippen LogP contribution is 2.16. The van der Waals surface area contributed by atoms with Crippen LogP contribution in [-0.4, -0.2) is 36.4 Å². The molecule has 6 nitrogen and oxygen atoms in total. The molecule has 3 N–H and O–H groups in total. The van der Waals surface area contributed by atoms with E-state index in [0.29, 0.717) is 0 Å². The summed E-state index contributed by atoms with van der Waals surface area (Å²) in [4.78, 5) is 21.6. The number of carboxylic acid groups (broad SMARTS) is 1. The number of amides is 1. The van der Waals surface area contributed by atoms with Crippen LogP contribution in [0.4, 0.5) is 0 Å². The number of aliphatic carboxylic acids is 1. The van der Waals surface area contributed by atoms with Gasteiger partial charge in [0.25, 0.3) is 0 Å². The monoisotopic (exact) mass is 251 g/mol. The maximum Gasteiger partial charge on any atom is 0.322 e. The van der Waals surface area contributed by atoms with Gasteiger partial charge in [-0.05, 0) is 5.92 Å². The summed E-state index contributed by atoms with van der Waals surface area (Å²) in [7, 11) is -3.87. The number of nitrogens with two attached hydrogens (primary N) is 1. The highest BCUT2D eigenvalue weighted by atomic mass is 32.2. The molecule has 0 bridgehead atoms. The molecule has 0 aromatic heterocycles. The summed E-state index contributed by atoms with van der Waals surface area (Å²) in [6, 6.07) is 0. The van der Waals surface area contributed by atoms with Crippen molar-refractivity contribution < 1.29 is 23.1 Å². The molecule has 7 heteroatoms. The van der Waals surface area contributed by atoms with Crippen LogP contribution in [0.3, 0.4) is 0 Å². The van der Waals surface area contributed by atoms with Crippen LogP contribution in [0, 0.1) is 11.8 Å². The van der Waals surface area contributed by atoms with Gasteiger partial charge in [0.2, 0.25) is 5.91 Å². The Bertz CT molecular complexity index is 373. The third-order valence-corrected chi connectivity index (χ3v) is 4.69. The number of carbonyl (C=O) groups is 2. The van der Waals surface area contributed by atoms with Gasteiger partial charge in [-0.3, -0.25) is 9.59 Å². The van der Waals surface area contributed by atoms with Crippen LogP contribution in [0.1, 0.15) is 20.8 Å². The van der Waals surface area contributed by atoms with Crippen LogP contribution in [0.2, 0.25) is 0 Å². The SMILES string of the molecule is CC(CS(=O)(=O)C(C(=O)O)C(C)C)C(N)=O. The summed E-state index contributed by atoms with van der Waals surface area (Å²) >= 11 is 0. The lowest BCUT2D eigenvalue weighted by atomic mass is 10.1. The first kappa shape index (κ1) is 14.9. The predicted octanol–water partition coefficient (Wildman–Crippen LogP) is -0.368. The molecule has 2 atom stereocenters. The zero-order valence-electron chi connectivity index (χ0n) is 9.50. The molecular formula is C9H17NO5S. The molecule has 0 aromatic rings. The lowest BCUT2D eigenvalue weighted by molar-refractivity contribution is -0.137. The van der Waals surface area contributed by atoms with Gasteiger partial charge >= 0.3 is 5.97 Å². The van der Waals surface area contributed by atoms with E-state index in [1.807, 2.05) is 0 Å². The van der Waals surface area contributed by atoms with Crippen molar-refractivity contribution in [2.24, 2.45) is 17.6 Å². The summed E-state index contributed by atoms with van der Waals surface area (Å²) in [6.45, 7) is 4.37.